The zero-order valence-corrected chi connectivity index (χ0v) is 8.71. The monoisotopic (exact) mass is 183 g/mol. The maximum atomic E-state index is 5.74. The van der Waals surface area contributed by atoms with Gasteiger partial charge in [0, 0.05) is 12.6 Å². The van der Waals surface area contributed by atoms with Crippen molar-refractivity contribution in [3.05, 3.63) is 0 Å². The van der Waals surface area contributed by atoms with Crippen LogP contribution in [0, 0.1) is 5.92 Å². The Balaban J connectivity index is 2.22. The molecule has 0 aromatic heterocycles. The van der Waals surface area contributed by atoms with Crippen LogP contribution in [0.15, 0.2) is 4.99 Å². The van der Waals surface area contributed by atoms with E-state index in [1.807, 2.05) is 0 Å². The van der Waals surface area contributed by atoms with Crippen LogP contribution in [-0.4, -0.2) is 18.5 Å². The van der Waals surface area contributed by atoms with Crippen LogP contribution < -0.4 is 11.1 Å². The summed E-state index contributed by atoms with van der Waals surface area (Å²) in [5.41, 5.74) is 5.74. The fourth-order valence-corrected chi connectivity index (χ4v) is 1.61. The van der Waals surface area contributed by atoms with Crippen molar-refractivity contribution in [2.45, 2.75) is 45.6 Å². The number of aliphatic imine (C=N–C) groups is 1. The summed E-state index contributed by atoms with van der Waals surface area (Å²) in [4.78, 5) is 4.27. The molecule has 0 heterocycles. The molecule has 0 radical (unpaired) electrons. The second-order valence-corrected chi connectivity index (χ2v) is 4.25. The topological polar surface area (TPSA) is 50.4 Å². The molecule has 0 amide bonds. The van der Waals surface area contributed by atoms with Gasteiger partial charge in [0.05, 0.1) is 0 Å². The fourth-order valence-electron chi connectivity index (χ4n) is 1.61. The van der Waals surface area contributed by atoms with Gasteiger partial charge in [0.1, 0.15) is 0 Å². The van der Waals surface area contributed by atoms with Gasteiger partial charge in [0.2, 0.25) is 0 Å². The summed E-state index contributed by atoms with van der Waals surface area (Å²) in [5, 5.41) is 3.26. The van der Waals surface area contributed by atoms with E-state index in [0.717, 1.165) is 6.54 Å². The molecule has 0 bridgehead atoms. The zero-order chi connectivity index (χ0) is 9.68. The maximum absolute atomic E-state index is 5.74. The molecule has 1 rings (SSSR count). The van der Waals surface area contributed by atoms with Gasteiger partial charge in [-0.15, -0.1) is 0 Å². The number of guanidine groups is 1. The minimum atomic E-state index is 0.580. The molecule has 3 nitrogen and oxygen atoms in total. The molecule has 0 saturated heterocycles. The van der Waals surface area contributed by atoms with Crippen molar-refractivity contribution in [1.29, 1.82) is 0 Å². The molecule has 0 spiro atoms. The molecule has 3 heteroatoms. The van der Waals surface area contributed by atoms with E-state index in [4.69, 9.17) is 5.73 Å². The number of nitrogens with one attached hydrogen (secondary N) is 1. The SMILES string of the molecule is CC(C)CN=C(N)NC1CCCC1. The standard InChI is InChI=1S/C10H21N3/c1-8(2)7-12-10(11)13-9-5-3-4-6-9/h8-9H,3-7H2,1-2H3,(H3,11,12,13). The van der Waals surface area contributed by atoms with Gasteiger partial charge in [0.15, 0.2) is 5.96 Å². The van der Waals surface area contributed by atoms with Crippen LogP contribution in [0.25, 0.3) is 0 Å². The lowest BCUT2D eigenvalue weighted by Gasteiger charge is -2.12. The first-order valence-electron chi connectivity index (χ1n) is 5.25. The highest BCUT2D eigenvalue weighted by atomic mass is 15.1. The molecule has 1 saturated carbocycles. The minimum Gasteiger partial charge on any atom is -0.370 e. The molecule has 0 aliphatic heterocycles. The first-order chi connectivity index (χ1) is 6.18. The van der Waals surface area contributed by atoms with E-state index in [1.165, 1.54) is 25.7 Å². The van der Waals surface area contributed by atoms with Crippen molar-refractivity contribution in [3.63, 3.8) is 0 Å². The van der Waals surface area contributed by atoms with Crippen LogP contribution in [0.5, 0.6) is 0 Å². The summed E-state index contributed by atoms with van der Waals surface area (Å²) < 4.78 is 0. The van der Waals surface area contributed by atoms with E-state index in [1.54, 1.807) is 0 Å². The Hall–Kier alpha value is -0.730. The summed E-state index contributed by atoms with van der Waals surface area (Å²) in [6.07, 6.45) is 5.15. The second-order valence-electron chi connectivity index (χ2n) is 4.25. The summed E-state index contributed by atoms with van der Waals surface area (Å²) >= 11 is 0. The predicted octanol–water partition coefficient (Wildman–Crippen LogP) is 1.49. The van der Waals surface area contributed by atoms with Crippen LogP contribution >= 0.6 is 0 Å². The third-order valence-corrected chi connectivity index (χ3v) is 2.33. The molecular weight excluding hydrogens is 162 g/mol. The van der Waals surface area contributed by atoms with Gasteiger partial charge in [0.25, 0.3) is 0 Å². The number of rotatable bonds is 3. The molecule has 76 valence electrons. The Labute approximate surface area is 80.8 Å². The Morgan fingerprint density at radius 2 is 2.08 bits per heavy atom. The van der Waals surface area contributed by atoms with Gasteiger partial charge >= 0.3 is 0 Å². The first kappa shape index (κ1) is 10.4. The van der Waals surface area contributed by atoms with Crippen molar-refractivity contribution in [3.8, 4) is 0 Å². The van der Waals surface area contributed by atoms with Gasteiger partial charge in [-0.2, -0.15) is 0 Å². The fraction of sp³-hybridized carbons (Fsp3) is 0.900. The van der Waals surface area contributed by atoms with E-state index in [-0.39, 0.29) is 0 Å². The highest BCUT2D eigenvalue weighted by Gasteiger charge is 2.14. The molecule has 0 atom stereocenters. The number of hydrogen-bond donors (Lipinski definition) is 2. The van der Waals surface area contributed by atoms with Gasteiger partial charge in [-0.25, -0.2) is 0 Å². The molecule has 1 aliphatic rings. The third kappa shape index (κ3) is 4.15. The molecule has 3 N–H and O–H groups in total. The largest absolute Gasteiger partial charge is 0.370 e. The molecule has 1 fully saturated rings. The molecular formula is C10H21N3. The van der Waals surface area contributed by atoms with Crippen LogP contribution in [0.2, 0.25) is 0 Å². The smallest absolute Gasteiger partial charge is 0.188 e. The number of hydrogen-bond acceptors (Lipinski definition) is 1. The van der Waals surface area contributed by atoms with Crippen molar-refractivity contribution in [2.24, 2.45) is 16.6 Å². The van der Waals surface area contributed by atoms with Gasteiger partial charge in [-0.3, -0.25) is 4.99 Å². The lowest BCUT2D eigenvalue weighted by molar-refractivity contribution is 0.615. The second kappa shape index (κ2) is 5.10. The van der Waals surface area contributed by atoms with Crippen molar-refractivity contribution in [2.75, 3.05) is 6.54 Å². The van der Waals surface area contributed by atoms with Crippen LogP contribution in [0.3, 0.4) is 0 Å². The number of nitrogens with zero attached hydrogens (tertiary/aromatic N) is 1. The van der Waals surface area contributed by atoms with E-state index in [2.05, 4.69) is 24.2 Å². The van der Waals surface area contributed by atoms with Crippen LogP contribution in [-0.2, 0) is 0 Å². The Bertz CT molecular complexity index is 169. The molecule has 0 aromatic rings. The summed E-state index contributed by atoms with van der Waals surface area (Å²) in [6, 6.07) is 0.580. The molecule has 13 heavy (non-hydrogen) atoms. The highest BCUT2D eigenvalue weighted by Crippen LogP contribution is 2.17. The quantitative estimate of drug-likeness (QED) is 0.514. The molecule has 0 aromatic carbocycles. The normalized spacial score (nSPS) is 19.8. The average molecular weight is 183 g/mol. The van der Waals surface area contributed by atoms with E-state index >= 15 is 0 Å². The summed E-state index contributed by atoms with van der Waals surface area (Å²) in [5.74, 6) is 1.21. The minimum absolute atomic E-state index is 0.580. The Kier molecular flexibility index (Phi) is 4.06. The van der Waals surface area contributed by atoms with E-state index < -0.39 is 0 Å². The summed E-state index contributed by atoms with van der Waals surface area (Å²) in [6.45, 7) is 5.12. The number of nitrogens with two attached hydrogens (primary N) is 1. The van der Waals surface area contributed by atoms with Gasteiger partial charge < -0.3 is 11.1 Å². The van der Waals surface area contributed by atoms with Gasteiger partial charge in [-0.1, -0.05) is 26.7 Å². The molecule has 0 unspecified atom stereocenters. The van der Waals surface area contributed by atoms with Crippen molar-refractivity contribution >= 4 is 5.96 Å². The van der Waals surface area contributed by atoms with Crippen molar-refractivity contribution < 1.29 is 0 Å². The van der Waals surface area contributed by atoms with E-state index in [9.17, 15) is 0 Å². The molecule has 1 aliphatic carbocycles. The lowest BCUT2D eigenvalue weighted by atomic mass is 10.2. The van der Waals surface area contributed by atoms with Crippen LogP contribution in [0.1, 0.15) is 39.5 Å². The third-order valence-electron chi connectivity index (χ3n) is 2.33. The summed E-state index contributed by atoms with van der Waals surface area (Å²) in [7, 11) is 0. The van der Waals surface area contributed by atoms with E-state index in [0.29, 0.717) is 17.9 Å². The maximum Gasteiger partial charge on any atom is 0.188 e. The van der Waals surface area contributed by atoms with Gasteiger partial charge in [-0.05, 0) is 18.8 Å². The van der Waals surface area contributed by atoms with Crippen LogP contribution in [0.4, 0.5) is 0 Å². The zero-order valence-electron chi connectivity index (χ0n) is 8.71. The Morgan fingerprint density at radius 3 is 2.62 bits per heavy atom. The first-order valence-corrected chi connectivity index (χ1v) is 5.25. The predicted molar refractivity (Wildman–Crippen MR) is 56.7 cm³/mol. The Morgan fingerprint density at radius 1 is 1.46 bits per heavy atom. The lowest BCUT2D eigenvalue weighted by Crippen LogP contribution is -2.38. The average Bonchev–Trinajstić information content (AvgIpc) is 2.53. The highest BCUT2D eigenvalue weighted by molar-refractivity contribution is 5.78. The van der Waals surface area contributed by atoms with Crippen molar-refractivity contribution in [1.82, 2.24) is 5.32 Å².